The predicted molar refractivity (Wildman–Crippen MR) is 133 cm³/mol. The number of aliphatic hydroxyl groups is 1. The van der Waals surface area contributed by atoms with E-state index in [-0.39, 0.29) is 52.6 Å². The average molecular weight is 538 g/mol. The highest BCUT2D eigenvalue weighted by Gasteiger charge is 2.49. The van der Waals surface area contributed by atoms with Gasteiger partial charge in [0.15, 0.2) is 5.82 Å². The summed E-state index contributed by atoms with van der Waals surface area (Å²) < 4.78 is 74.0. The number of ether oxygens (including phenoxy) is 1. The van der Waals surface area contributed by atoms with Gasteiger partial charge in [0.2, 0.25) is 0 Å². The van der Waals surface area contributed by atoms with Crippen LogP contribution in [0.4, 0.5) is 27.8 Å². The van der Waals surface area contributed by atoms with E-state index in [9.17, 15) is 22.7 Å². The number of rotatable bonds is 10. The van der Waals surface area contributed by atoms with Crippen molar-refractivity contribution in [3.05, 3.63) is 36.4 Å². The standard InChI is InChI=1S/C26H28F5N5O2/c1-4-17(13-37)15(2)16(3)21-20(28)22-19(11-33-21)23(32-8-7-26(29,30)31)35-24(34-22)38-14-25-6-5-9-36(25)12-18(27)10-25/h1,11,17-18,37H,2-3,5-10,12-14H2,(H,32,34,35)/t17?,18-,25+/m1/s1. The van der Waals surface area contributed by atoms with Crippen LogP contribution < -0.4 is 10.1 Å². The van der Waals surface area contributed by atoms with Crippen molar-refractivity contribution < 1.29 is 31.8 Å². The third-order valence-electron chi connectivity index (χ3n) is 7.07. The Labute approximate surface area is 216 Å². The number of halogens is 5. The Morgan fingerprint density at radius 3 is 2.82 bits per heavy atom. The number of anilines is 1. The van der Waals surface area contributed by atoms with Crippen molar-refractivity contribution in [1.29, 1.82) is 0 Å². The summed E-state index contributed by atoms with van der Waals surface area (Å²) in [5.74, 6) is 0.496. The zero-order valence-electron chi connectivity index (χ0n) is 20.6. The number of allylic oxidation sites excluding steroid dienone is 1. The van der Waals surface area contributed by atoms with Crippen LogP contribution in [0.25, 0.3) is 16.5 Å². The van der Waals surface area contributed by atoms with Crippen LogP contribution in [0.1, 0.15) is 31.4 Å². The number of nitrogens with zero attached hydrogens (tertiary/aromatic N) is 4. The number of fused-ring (bicyclic) bond motifs is 2. The van der Waals surface area contributed by atoms with Crippen molar-refractivity contribution in [2.24, 2.45) is 5.92 Å². The summed E-state index contributed by atoms with van der Waals surface area (Å²) in [5.41, 5.74) is -0.824. The maximum Gasteiger partial charge on any atom is 0.390 e. The van der Waals surface area contributed by atoms with Crippen molar-refractivity contribution >= 4 is 22.3 Å². The first kappa shape index (κ1) is 27.7. The van der Waals surface area contributed by atoms with Gasteiger partial charge in [-0.25, -0.2) is 8.78 Å². The first-order valence-corrected chi connectivity index (χ1v) is 12.1. The molecule has 2 aliphatic rings. The maximum atomic E-state index is 15.7. The molecule has 0 aliphatic carbocycles. The fourth-order valence-corrected chi connectivity index (χ4v) is 5.04. The van der Waals surface area contributed by atoms with Gasteiger partial charge in [-0.2, -0.15) is 23.1 Å². The molecule has 0 amide bonds. The van der Waals surface area contributed by atoms with Crippen molar-refractivity contribution in [3.8, 4) is 18.4 Å². The van der Waals surface area contributed by atoms with E-state index in [0.717, 1.165) is 13.0 Å². The van der Waals surface area contributed by atoms with Gasteiger partial charge < -0.3 is 15.2 Å². The van der Waals surface area contributed by atoms with E-state index in [4.69, 9.17) is 11.2 Å². The summed E-state index contributed by atoms with van der Waals surface area (Å²) >= 11 is 0. The lowest BCUT2D eigenvalue weighted by molar-refractivity contribution is -0.131. The molecule has 0 saturated carbocycles. The lowest BCUT2D eigenvalue weighted by Gasteiger charge is -2.30. The van der Waals surface area contributed by atoms with Gasteiger partial charge in [-0.15, -0.1) is 6.42 Å². The number of terminal acetylenes is 1. The molecule has 2 aromatic rings. The SMILES string of the molecule is C#CC(CO)C(=C)C(=C)c1ncc2c(NCCC(F)(F)F)nc(OC[C@@]34CCCN3C[C@H](F)C4)nc2c1F. The molecule has 2 aliphatic heterocycles. The van der Waals surface area contributed by atoms with Gasteiger partial charge in [0.25, 0.3) is 0 Å². The normalized spacial score (nSPS) is 22.2. The minimum Gasteiger partial charge on any atom is -0.461 e. The second-order valence-corrected chi connectivity index (χ2v) is 9.60. The molecule has 12 heteroatoms. The third-order valence-corrected chi connectivity index (χ3v) is 7.07. The quantitative estimate of drug-likeness (QED) is 0.266. The number of hydrogen-bond acceptors (Lipinski definition) is 7. The predicted octanol–water partition coefficient (Wildman–Crippen LogP) is 4.29. The summed E-state index contributed by atoms with van der Waals surface area (Å²) in [4.78, 5) is 14.5. The molecule has 3 atom stereocenters. The highest BCUT2D eigenvalue weighted by atomic mass is 19.4. The van der Waals surface area contributed by atoms with Crippen LogP contribution in [-0.4, -0.2) is 75.7 Å². The minimum atomic E-state index is -4.42. The number of pyridine rings is 1. The van der Waals surface area contributed by atoms with Crippen LogP contribution in [0, 0.1) is 24.1 Å². The zero-order chi connectivity index (χ0) is 27.7. The van der Waals surface area contributed by atoms with Gasteiger partial charge in [-0.1, -0.05) is 19.1 Å². The molecule has 7 nitrogen and oxygen atoms in total. The van der Waals surface area contributed by atoms with Crippen LogP contribution in [0.5, 0.6) is 6.01 Å². The molecule has 38 heavy (non-hydrogen) atoms. The molecule has 0 spiro atoms. The van der Waals surface area contributed by atoms with Crippen molar-refractivity contribution in [3.63, 3.8) is 0 Å². The van der Waals surface area contributed by atoms with Gasteiger partial charge in [-0.3, -0.25) is 9.88 Å². The zero-order valence-corrected chi connectivity index (χ0v) is 20.6. The molecule has 0 aromatic carbocycles. The lowest BCUT2D eigenvalue weighted by Crippen LogP contribution is -2.43. The van der Waals surface area contributed by atoms with Crippen LogP contribution in [0.3, 0.4) is 0 Å². The van der Waals surface area contributed by atoms with Crippen molar-refractivity contribution in [2.45, 2.75) is 43.6 Å². The second kappa shape index (κ2) is 10.8. The second-order valence-electron chi connectivity index (χ2n) is 9.60. The first-order valence-electron chi connectivity index (χ1n) is 12.1. The van der Waals surface area contributed by atoms with E-state index in [1.165, 1.54) is 6.20 Å². The molecule has 2 N–H and O–H groups in total. The topological polar surface area (TPSA) is 83.4 Å². The Morgan fingerprint density at radius 1 is 1.37 bits per heavy atom. The maximum absolute atomic E-state index is 15.7. The van der Waals surface area contributed by atoms with Crippen LogP contribution in [-0.2, 0) is 0 Å². The van der Waals surface area contributed by atoms with Gasteiger partial charge in [0.1, 0.15) is 29.8 Å². The van der Waals surface area contributed by atoms with Crippen LogP contribution in [0.15, 0.2) is 24.9 Å². The number of alkyl halides is 4. The molecule has 2 aromatic heterocycles. The van der Waals surface area contributed by atoms with E-state index in [0.29, 0.717) is 13.0 Å². The minimum absolute atomic E-state index is 0.0280. The number of nitrogens with one attached hydrogen (secondary N) is 1. The molecule has 4 heterocycles. The van der Waals surface area contributed by atoms with E-state index in [1.54, 1.807) is 0 Å². The average Bonchev–Trinajstić information content (AvgIpc) is 3.38. The number of hydrogen-bond donors (Lipinski definition) is 2. The Kier molecular flexibility index (Phi) is 7.90. The molecule has 0 radical (unpaired) electrons. The van der Waals surface area contributed by atoms with Crippen LogP contribution in [0.2, 0.25) is 0 Å². The summed E-state index contributed by atoms with van der Waals surface area (Å²) in [6, 6.07) is -0.270. The first-order chi connectivity index (χ1) is 18.0. The Balaban J connectivity index is 1.69. The largest absolute Gasteiger partial charge is 0.461 e. The van der Waals surface area contributed by atoms with Gasteiger partial charge in [0.05, 0.1) is 29.9 Å². The van der Waals surface area contributed by atoms with E-state index >= 15 is 4.39 Å². The fraction of sp³-hybridized carbons (Fsp3) is 0.500. The molecular formula is C26H28F5N5O2. The Bertz CT molecular complexity index is 1280. The molecule has 4 rings (SSSR count). The molecule has 2 fully saturated rings. The highest BCUT2D eigenvalue weighted by molar-refractivity contribution is 5.92. The van der Waals surface area contributed by atoms with Gasteiger partial charge >= 0.3 is 12.2 Å². The summed E-state index contributed by atoms with van der Waals surface area (Å²) in [7, 11) is 0. The van der Waals surface area contributed by atoms with E-state index in [2.05, 4.69) is 39.3 Å². The molecule has 1 unspecified atom stereocenters. The molecule has 2 saturated heterocycles. The summed E-state index contributed by atoms with van der Waals surface area (Å²) in [6.45, 7) is 7.70. The molecule has 204 valence electrons. The number of aliphatic hydroxyl groups excluding tert-OH is 1. The Hall–Kier alpha value is -3.30. The Morgan fingerprint density at radius 2 is 2.13 bits per heavy atom. The van der Waals surface area contributed by atoms with E-state index in [1.807, 2.05) is 4.90 Å². The fourth-order valence-electron chi connectivity index (χ4n) is 5.04. The van der Waals surface area contributed by atoms with Gasteiger partial charge in [0, 0.05) is 25.7 Å². The summed E-state index contributed by atoms with van der Waals surface area (Å²) in [5, 5.41) is 12.1. The third kappa shape index (κ3) is 5.59. The van der Waals surface area contributed by atoms with Crippen LogP contribution >= 0.6 is 0 Å². The number of aromatic nitrogens is 3. The molecular weight excluding hydrogens is 509 g/mol. The van der Waals surface area contributed by atoms with Gasteiger partial charge in [-0.05, 0) is 30.5 Å². The van der Waals surface area contributed by atoms with Crippen molar-refractivity contribution in [1.82, 2.24) is 19.9 Å². The summed E-state index contributed by atoms with van der Waals surface area (Å²) in [6.07, 6.45) is 1.91. The molecule has 0 bridgehead atoms. The smallest absolute Gasteiger partial charge is 0.390 e. The monoisotopic (exact) mass is 537 g/mol. The van der Waals surface area contributed by atoms with E-state index < -0.39 is 49.2 Å². The lowest BCUT2D eigenvalue weighted by atomic mass is 9.93. The highest BCUT2D eigenvalue weighted by Crippen LogP contribution is 2.40. The van der Waals surface area contributed by atoms with Crippen molar-refractivity contribution in [2.75, 3.05) is 38.2 Å².